The van der Waals surface area contributed by atoms with Crippen LogP contribution < -0.4 is 9.64 Å². The second-order valence-electron chi connectivity index (χ2n) is 5.03. The molecule has 0 saturated carbocycles. The van der Waals surface area contributed by atoms with Crippen molar-refractivity contribution < 1.29 is 9.53 Å². The molecule has 3 nitrogen and oxygen atoms in total. The van der Waals surface area contributed by atoms with Gasteiger partial charge in [-0.05, 0) is 31.2 Å². The van der Waals surface area contributed by atoms with Crippen molar-refractivity contribution in [2.24, 2.45) is 0 Å². The number of benzene rings is 2. The fourth-order valence-corrected chi connectivity index (χ4v) is 2.16. The van der Waals surface area contributed by atoms with E-state index in [1.165, 1.54) is 0 Å². The summed E-state index contributed by atoms with van der Waals surface area (Å²) in [5, 5.41) is 0.544. The van der Waals surface area contributed by atoms with E-state index in [9.17, 15) is 4.79 Å². The molecule has 2 rings (SSSR count). The quantitative estimate of drug-likeness (QED) is 0.780. The molecule has 0 fully saturated rings. The van der Waals surface area contributed by atoms with Crippen LogP contribution in [0.3, 0.4) is 0 Å². The second kappa shape index (κ2) is 6.64. The molecular weight excluding hydrogens is 286 g/mol. The van der Waals surface area contributed by atoms with E-state index in [0.717, 1.165) is 5.69 Å². The van der Waals surface area contributed by atoms with Gasteiger partial charge >= 0.3 is 0 Å². The molecule has 0 heterocycles. The predicted octanol–water partition coefficient (Wildman–Crippen LogP) is 4.06. The number of anilines is 1. The van der Waals surface area contributed by atoms with Gasteiger partial charge in [-0.2, -0.15) is 0 Å². The van der Waals surface area contributed by atoms with Gasteiger partial charge in [0, 0.05) is 36.4 Å². The lowest BCUT2D eigenvalue weighted by atomic mass is 10.1. The number of ketones is 1. The maximum Gasteiger partial charge on any atom is 0.203 e. The normalized spacial score (nSPS) is 11.8. The lowest BCUT2D eigenvalue weighted by Crippen LogP contribution is -2.24. The first kappa shape index (κ1) is 15.4. The van der Waals surface area contributed by atoms with Crippen LogP contribution in [0.5, 0.6) is 5.75 Å². The van der Waals surface area contributed by atoms with Gasteiger partial charge in [0.1, 0.15) is 5.75 Å². The van der Waals surface area contributed by atoms with Crippen molar-refractivity contribution in [1.82, 2.24) is 0 Å². The topological polar surface area (TPSA) is 29.5 Å². The highest BCUT2D eigenvalue weighted by Gasteiger charge is 2.17. The molecule has 21 heavy (non-hydrogen) atoms. The first-order valence-corrected chi connectivity index (χ1v) is 7.09. The highest BCUT2D eigenvalue weighted by atomic mass is 35.5. The fourth-order valence-electron chi connectivity index (χ4n) is 1.97. The van der Waals surface area contributed by atoms with Crippen molar-refractivity contribution in [3.63, 3.8) is 0 Å². The Morgan fingerprint density at radius 1 is 1.14 bits per heavy atom. The first-order valence-electron chi connectivity index (χ1n) is 6.71. The molecule has 0 aliphatic heterocycles. The average Bonchev–Trinajstić information content (AvgIpc) is 2.46. The number of hydrogen-bond acceptors (Lipinski definition) is 3. The van der Waals surface area contributed by atoms with Crippen LogP contribution in [0.4, 0.5) is 5.69 Å². The van der Waals surface area contributed by atoms with Crippen LogP contribution in [0, 0.1) is 0 Å². The molecule has 0 bridgehead atoms. The minimum absolute atomic E-state index is 0.0900. The van der Waals surface area contributed by atoms with Crippen LogP contribution in [0.25, 0.3) is 0 Å². The summed E-state index contributed by atoms with van der Waals surface area (Å²) in [5.41, 5.74) is 1.58. The Kier molecular flexibility index (Phi) is 4.86. The number of carbonyl (C=O) groups is 1. The number of hydrogen-bond donors (Lipinski definition) is 0. The summed E-state index contributed by atoms with van der Waals surface area (Å²) in [4.78, 5) is 14.3. The monoisotopic (exact) mass is 303 g/mol. The van der Waals surface area contributed by atoms with E-state index in [1.807, 2.05) is 43.3 Å². The summed E-state index contributed by atoms with van der Waals surface area (Å²) in [5.74, 6) is 0.580. The molecule has 1 unspecified atom stereocenters. The van der Waals surface area contributed by atoms with Crippen LogP contribution in [-0.4, -0.2) is 26.0 Å². The highest BCUT2D eigenvalue weighted by Crippen LogP contribution is 2.21. The Balaban J connectivity index is 2.12. The van der Waals surface area contributed by atoms with E-state index in [2.05, 4.69) is 0 Å². The van der Waals surface area contributed by atoms with Gasteiger partial charge < -0.3 is 9.64 Å². The van der Waals surface area contributed by atoms with E-state index in [4.69, 9.17) is 16.3 Å². The molecule has 0 aliphatic carbocycles. The fraction of sp³-hybridized carbons (Fsp3) is 0.235. The van der Waals surface area contributed by atoms with E-state index in [1.54, 1.807) is 31.2 Å². The average molecular weight is 304 g/mol. The van der Waals surface area contributed by atoms with Gasteiger partial charge in [-0.3, -0.25) is 4.79 Å². The van der Waals surface area contributed by atoms with Crippen LogP contribution in [-0.2, 0) is 0 Å². The summed E-state index contributed by atoms with van der Waals surface area (Å²) < 4.78 is 5.74. The van der Waals surface area contributed by atoms with Crippen LogP contribution in [0.15, 0.2) is 48.5 Å². The summed E-state index contributed by atoms with van der Waals surface area (Å²) in [7, 11) is 3.92. The molecule has 2 aromatic carbocycles. The molecule has 4 heteroatoms. The third-order valence-corrected chi connectivity index (χ3v) is 3.36. The number of Topliss-reactive ketones (excluding diaryl/α,β-unsaturated/α-hetero) is 1. The van der Waals surface area contributed by atoms with Crippen molar-refractivity contribution in [1.29, 1.82) is 0 Å². The largest absolute Gasteiger partial charge is 0.482 e. The lowest BCUT2D eigenvalue weighted by Gasteiger charge is -2.17. The number of ether oxygens (including phenoxy) is 1. The SMILES string of the molecule is CC(Oc1cccc(N(C)C)c1)C(=O)c1cccc(Cl)c1. The smallest absolute Gasteiger partial charge is 0.203 e. The third kappa shape index (κ3) is 3.99. The lowest BCUT2D eigenvalue weighted by molar-refractivity contribution is 0.0818. The molecule has 1 atom stereocenters. The van der Waals surface area contributed by atoms with E-state index >= 15 is 0 Å². The molecule has 0 aromatic heterocycles. The zero-order chi connectivity index (χ0) is 15.4. The summed E-state index contributed by atoms with van der Waals surface area (Å²) in [6.07, 6.45) is -0.569. The highest BCUT2D eigenvalue weighted by molar-refractivity contribution is 6.31. The number of halogens is 1. The maximum atomic E-state index is 12.3. The van der Waals surface area contributed by atoms with Gasteiger partial charge in [0.15, 0.2) is 6.10 Å². The van der Waals surface area contributed by atoms with Gasteiger partial charge in [0.25, 0.3) is 0 Å². The van der Waals surface area contributed by atoms with E-state index < -0.39 is 6.10 Å². The van der Waals surface area contributed by atoms with Crippen LogP contribution >= 0.6 is 11.6 Å². The first-order chi connectivity index (χ1) is 9.97. The molecular formula is C17H18ClNO2. The summed E-state index contributed by atoms with van der Waals surface area (Å²) in [6.45, 7) is 1.74. The van der Waals surface area contributed by atoms with Gasteiger partial charge in [0.2, 0.25) is 5.78 Å². The Labute approximate surface area is 130 Å². The number of rotatable bonds is 5. The zero-order valence-corrected chi connectivity index (χ0v) is 13.1. The molecule has 0 saturated heterocycles. The Morgan fingerprint density at radius 3 is 2.52 bits per heavy atom. The van der Waals surface area contributed by atoms with Crippen molar-refractivity contribution in [3.8, 4) is 5.75 Å². The third-order valence-electron chi connectivity index (χ3n) is 3.13. The van der Waals surface area contributed by atoms with Crippen molar-refractivity contribution in [2.45, 2.75) is 13.0 Å². The van der Waals surface area contributed by atoms with Gasteiger partial charge in [-0.1, -0.05) is 29.8 Å². The summed E-state index contributed by atoms with van der Waals surface area (Å²) >= 11 is 5.91. The van der Waals surface area contributed by atoms with Crippen LogP contribution in [0.1, 0.15) is 17.3 Å². The van der Waals surface area contributed by atoms with E-state index in [-0.39, 0.29) is 5.78 Å². The van der Waals surface area contributed by atoms with Gasteiger partial charge in [-0.15, -0.1) is 0 Å². The number of carbonyl (C=O) groups excluding carboxylic acids is 1. The van der Waals surface area contributed by atoms with Crippen molar-refractivity contribution in [2.75, 3.05) is 19.0 Å². The minimum atomic E-state index is -0.569. The standard InChI is InChI=1S/C17H18ClNO2/c1-12(17(20)13-6-4-7-14(18)10-13)21-16-9-5-8-15(11-16)19(2)3/h4-12H,1-3H3. The molecule has 0 amide bonds. The molecule has 0 spiro atoms. The van der Waals surface area contributed by atoms with E-state index in [0.29, 0.717) is 16.3 Å². The Bertz CT molecular complexity index is 640. The molecule has 0 aliphatic rings. The maximum absolute atomic E-state index is 12.3. The Hall–Kier alpha value is -2.00. The van der Waals surface area contributed by atoms with Crippen molar-refractivity contribution >= 4 is 23.1 Å². The molecule has 110 valence electrons. The van der Waals surface area contributed by atoms with Gasteiger partial charge in [-0.25, -0.2) is 0 Å². The molecule has 0 N–H and O–H groups in total. The van der Waals surface area contributed by atoms with Crippen LogP contribution in [0.2, 0.25) is 5.02 Å². The second-order valence-corrected chi connectivity index (χ2v) is 5.46. The Morgan fingerprint density at radius 2 is 1.86 bits per heavy atom. The molecule has 2 aromatic rings. The summed E-state index contributed by atoms with van der Waals surface area (Å²) in [6, 6.07) is 14.5. The minimum Gasteiger partial charge on any atom is -0.482 e. The number of nitrogens with zero attached hydrogens (tertiary/aromatic N) is 1. The zero-order valence-electron chi connectivity index (χ0n) is 12.3. The van der Waals surface area contributed by atoms with Crippen molar-refractivity contribution in [3.05, 3.63) is 59.1 Å². The predicted molar refractivity (Wildman–Crippen MR) is 86.6 cm³/mol. The van der Waals surface area contributed by atoms with Gasteiger partial charge in [0.05, 0.1) is 0 Å². The molecule has 0 radical (unpaired) electrons.